The van der Waals surface area contributed by atoms with E-state index in [2.05, 4.69) is 6.92 Å². The molecule has 2 nitrogen and oxygen atoms in total. The maximum atomic E-state index is 14.2. The van der Waals surface area contributed by atoms with Crippen LogP contribution >= 0.6 is 0 Å². The number of phenols is 1. The Bertz CT molecular complexity index is 585. The summed E-state index contributed by atoms with van der Waals surface area (Å²) in [7, 11) is 0. The molecule has 2 saturated carbocycles. The molecule has 0 amide bonds. The molecule has 114 valence electrons. The zero-order chi connectivity index (χ0) is 14.8. The summed E-state index contributed by atoms with van der Waals surface area (Å²) in [6.07, 6.45) is 5.63. The highest BCUT2D eigenvalue weighted by Crippen LogP contribution is 2.61. The molecule has 3 aliphatic rings. The van der Waals surface area contributed by atoms with Gasteiger partial charge in [-0.25, -0.2) is 4.39 Å². The van der Waals surface area contributed by atoms with Crippen molar-refractivity contribution in [3.63, 3.8) is 0 Å². The molecule has 4 rings (SSSR count). The third kappa shape index (κ3) is 1.73. The largest absolute Gasteiger partial charge is 0.505 e. The molecule has 2 fully saturated rings. The number of halogens is 1. The minimum atomic E-state index is -0.411. The first-order chi connectivity index (χ1) is 10.0. The number of aliphatic hydroxyl groups excluding tert-OH is 1. The molecule has 0 heterocycles. The van der Waals surface area contributed by atoms with Crippen molar-refractivity contribution < 1.29 is 14.6 Å². The van der Waals surface area contributed by atoms with Crippen LogP contribution in [-0.4, -0.2) is 16.3 Å². The first-order valence-electron chi connectivity index (χ1n) is 8.20. The molecule has 1 aromatic rings. The lowest BCUT2D eigenvalue weighted by molar-refractivity contribution is -0.0227. The van der Waals surface area contributed by atoms with Crippen LogP contribution in [-0.2, 0) is 6.42 Å². The van der Waals surface area contributed by atoms with Gasteiger partial charge >= 0.3 is 0 Å². The van der Waals surface area contributed by atoms with Crippen LogP contribution in [0.5, 0.6) is 5.75 Å². The third-order valence-corrected chi connectivity index (χ3v) is 6.77. The van der Waals surface area contributed by atoms with Crippen LogP contribution in [0.25, 0.3) is 0 Å². The van der Waals surface area contributed by atoms with Gasteiger partial charge in [-0.05, 0) is 78.9 Å². The molecule has 3 aliphatic carbocycles. The Kier molecular flexibility index (Phi) is 2.88. The van der Waals surface area contributed by atoms with E-state index in [1.54, 1.807) is 0 Å². The van der Waals surface area contributed by atoms with Gasteiger partial charge in [0.05, 0.1) is 6.10 Å². The average molecular weight is 290 g/mol. The van der Waals surface area contributed by atoms with E-state index in [-0.39, 0.29) is 17.3 Å². The summed E-state index contributed by atoms with van der Waals surface area (Å²) in [6, 6.07) is 3.44. The number of aromatic hydroxyl groups is 1. The number of aliphatic hydroxyl groups is 1. The van der Waals surface area contributed by atoms with Gasteiger partial charge in [-0.15, -0.1) is 0 Å². The Hall–Kier alpha value is -1.09. The molecule has 5 atom stereocenters. The minimum absolute atomic E-state index is 0.0636. The van der Waals surface area contributed by atoms with Crippen LogP contribution < -0.4 is 0 Å². The van der Waals surface area contributed by atoms with Crippen LogP contribution in [0.2, 0.25) is 0 Å². The molecule has 3 heteroatoms. The SMILES string of the molecule is C[C@]12CC[C@@H]3c4ccc(O)c(F)c4CC[C@H]3[C@@H]1CCC2O. The van der Waals surface area contributed by atoms with Crippen molar-refractivity contribution >= 4 is 0 Å². The number of phenolic OH excluding ortho intramolecular Hbond substituents is 1. The van der Waals surface area contributed by atoms with Crippen LogP contribution in [0.15, 0.2) is 12.1 Å². The molecule has 1 aromatic carbocycles. The Morgan fingerprint density at radius 1 is 1.19 bits per heavy atom. The molecule has 0 bridgehead atoms. The molecule has 0 aliphatic heterocycles. The van der Waals surface area contributed by atoms with Crippen molar-refractivity contribution in [3.05, 3.63) is 29.1 Å². The van der Waals surface area contributed by atoms with Crippen LogP contribution in [0, 0.1) is 23.1 Å². The molecule has 0 saturated heterocycles. The van der Waals surface area contributed by atoms with Crippen molar-refractivity contribution in [2.45, 2.75) is 57.5 Å². The molecule has 2 N–H and O–H groups in total. The monoisotopic (exact) mass is 290 g/mol. The van der Waals surface area contributed by atoms with Gasteiger partial charge in [0.25, 0.3) is 0 Å². The molecule has 0 spiro atoms. The second kappa shape index (κ2) is 4.45. The molecule has 0 aromatic heterocycles. The van der Waals surface area contributed by atoms with Gasteiger partial charge < -0.3 is 10.2 Å². The van der Waals surface area contributed by atoms with Gasteiger partial charge in [0.2, 0.25) is 0 Å². The van der Waals surface area contributed by atoms with E-state index in [4.69, 9.17) is 0 Å². The highest BCUT2D eigenvalue weighted by Gasteiger charge is 2.54. The van der Waals surface area contributed by atoms with E-state index in [1.165, 1.54) is 6.07 Å². The molecular formula is C18H23FO2. The second-order valence-corrected chi connectivity index (χ2v) is 7.52. The fourth-order valence-electron chi connectivity index (χ4n) is 5.58. The van der Waals surface area contributed by atoms with Gasteiger partial charge in [-0.3, -0.25) is 0 Å². The standard InChI is InChI=1S/C18H23FO2/c1-18-9-8-11-10-4-6-15(20)17(19)13(10)3-2-12(11)14(18)5-7-16(18)21/h4,6,11-12,14,16,20-21H,2-3,5,7-9H2,1H3/t11-,12-,14+,16?,18+/m1/s1. The highest BCUT2D eigenvalue weighted by atomic mass is 19.1. The highest BCUT2D eigenvalue weighted by molar-refractivity contribution is 5.41. The van der Waals surface area contributed by atoms with Crippen LogP contribution in [0.4, 0.5) is 4.39 Å². The fourth-order valence-corrected chi connectivity index (χ4v) is 5.58. The van der Waals surface area contributed by atoms with E-state index in [0.29, 0.717) is 17.8 Å². The summed E-state index contributed by atoms with van der Waals surface area (Å²) in [4.78, 5) is 0. The van der Waals surface area contributed by atoms with E-state index in [1.807, 2.05) is 6.07 Å². The maximum Gasteiger partial charge on any atom is 0.168 e. The Balaban J connectivity index is 1.74. The summed E-state index contributed by atoms with van der Waals surface area (Å²) in [5.41, 5.74) is 1.91. The minimum Gasteiger partial charge on any atom is -0.505 e. The summed E-state index contributed by atoms with van der Waals surface area (Å²) >= 11 is 0. The van der Waals surface area contributed by atoms with Crippen molar-refractivity contribution in [2.75, 3.05) is 0 Å². The predicted octanol–water partition coefficient (Wildman–Crippen LogP) is 3.75. The Morgan fingerprint density at radius 2 is 2.00 bits per heavy atom. The zero-order valence-electron chi connectivity index (χ0n) is 12.5. The van der Waals surface area contributed by atoms with Gasteiger partial charge in [0.1, 0.15) is 0 Å². The summed E-state index contributed by atoms with van der Waals surface area (Å²) < 4.78 is 14.2. The quantitative estimate of drug-likeness (QED) is 0.764. The Morgan fingerprint density at radius 3 is 2.81 bits per heavy atom. The molecule has 0 radical (unpaired) electrons. The van der Waals surface area contributed by atoms with Gasteiger partial charge in [0.15, 0.2) is 11.6 Å². The Labute approximate surface area is 125 Å². The van der Waals surface area contributed by atoms with E-state index in [9.17, 15) is 14.6 Å². The van der Waals surface area contributed by atoms with Gasteiger partial charge in [-0.2, -0.15) is 0 Å². The smallest absolute Gasteiger partial charge is 0.168 e. The fraction of sp³-hybridized carbons (Fsp3) is 0.667. The summed E-state index contributed by atoms with van der Waals surface area (Å²) in [5.74, 6) is 0.913. The van der Waals surface area contributed by atoms with Crippen molar-refractivity contribution in [1.29, 1.82) is 0 Å². The van der Waals surface area contributed by atoms with E-state index >= 15 is 0 Å². The maximum absolute atomic E-state index is 14.2. The first kappa shape index (κ1) is 13.6. The average Bonchev–Trinajstić information content (AvgIpc) is 2.78. The summed E-state index contributed by atoms with van der Waals surface area (Å²) in [6.45, 7) is 2.25. The van der Waals surface area contributed by atoms with Gasteiger partial charge in [-0.1, -0.05) is 13.0 Å². The molecule has 1 unspecified atom stereocenters. The van der Waals surface area contributed by atoms with E-state index in [0.717, 1.165) is 49.7 Å². The molecule has 21 heavy (non-hydrogen) atoms. The van der Waals surface area contributed by atoms with E-state index < -0.39 is 5.82 Å². The number of rotatable bonds is 0. The third-order valence-electron chi connectivity index (χ3n) is 6.77. The van der Waals surface area contributed by atoms with Gasteiger partial charge in [0, 0.05) is 0 Å². The second-order valence-electron chi connectivity index (χ2n) is 7.52. The number of hydrogen-bond donors (Lipinski definition) is 2. The first-order valence-corrected chi connectivity index (χ1v) is 8.20. The van der Waals surface area contributed by atoms with Crippen molar-refractivity contribution in [3.8, 4) is 5.75 Å². The lowest BCUT2D eigenvalue weighted by Gasteiger charge is -2.50. The normalized spacial score (nSPS) is 41.3. The lowest BCUT2D eigenvalue weighted by Crippen LogP contribution is -2.44. The predicted molar refractivity (Wildman–Crippen MR) is 78.7 cm³/mol. The van der Waals surface area contributed by atoms with Crippen LogP contribution in [0.1, 0.15) is 56.1 Å². The molecular weight excluding hydrogens is 267 g/mol. The van der Waals surface area contributed by atoms with Crippen molar-refractivity contribution in [1.82, 2.24) is 0 Å². The number of hydrogen-bond acceptors (Lipinski definition) is 2. The lowest BCUT2D eigenvalue weighted by atomic mass is 9.55. The topological polar surface area (TPSA) is 40.5 Å². The zero-order valence-corrected chi connectivity index (χ0v) is 12.5. The van der Waals surface area contributed by atoms with Crippen molar-refractivity contribution in [2.24, 2.45) is 17.3 Å². The number of fused-ring (bicyclic) bond motifs is 5. The number of benzene rings is 1. The summed E-state index contributed by atoms with van der Waals surface area (Å²) in [5, 5.41) is 19.9. The van der Waals surface area contributed by atoms with Crippen LogP contribution in [0.3, 0.4) is 0 Å².